The van der Waals surface area contributed by atoms with Crippen LogP contribution < -0.4 is 9.47 Å². The topological polar surface area (TPSA) is 85.3 Å². The minimum atomic E-state index is -0.543. The second-order valence-corrected chi connectivity index (χ2v) is 8.62. The van der Waals surface area contributed by atoms with Crippen LogP contribution in [-0.2, 0) is 14.3 Å². The van der Waals surface area contributed by atoms with Crippen LogP contribution in [0.3, 0.4) is 0 Å². The van der Waals surface area contributed by atoms with Crippen LogP contribution in [0.15, 0.2) is 29.5 Å². The number of hydrogen-bond donors (Lipinski definition) is 1. The molecule has 7 nitrogen and oxygen atoms in total. The molecule has 7 heteroatoms. The van der Waals surface area contributed by atoms with E-state index in [9.17, 15) is 14.7 Å². The monoisotopic (exact) mass is 443 g/mol. The van der Waals surface area contributed by atoms with E-state index in [2.05, 4.69) is 0 Å². The number of ether oxygens (including phenoxy) is 3. The van der Waals surface area contributed by atoms with Crippen LogP contribution in [0.4, 0.5) is 0 Å². The summed E-state index contributed by atoms with van der Waals surface area (Å²) in [5.74, 6) is 1.03. The van der Waals surface area contributed by atoms with Gasteiger partial charge in [-0.25, -0.2) is 0 Å². The summed E-state index contributed by atoms with van der Waals surface area (Å²) < 4.78 is 17.8. The second kappa shape index (κ2) is 9.94. The van der Waals surface area contributed by atoms with E-state index in [1.807, 2.05) is 32.0 Å². The molecular formula is C25H33NO6. The molecule has 1 saturated carbocycles. The Hall–Kier alpha value is -2.54. The van der Waals surface area contributed by atoms with E-state index in [1.165, 1.54) is 0 Å². The maximum absolute atomic E-state index is 13.6. The van der Waals surface area contributed by atoms with Gasteiger partial charge in [0.25, 0.3) is 5.91 Å². The van der Waals surface area contributed by atoms with Gasteiger partial charge in [-0.3, -0.25) is 9.59 Å². The molecular weight excluding hydrogens is 410 g/mol. The van der Waals surface area contributed by atoms with Crippen LogP contribution >= 0.6 is 0 Å². The molecule has 0 aromatic heterocycles. The van der Waals surface area contributed by atoms with Gasteiger partial charge in [0.05, 0.1) is 30.7 Å². The van der Waals surface area contributed by atoms with Crippen molar-refractivity contribution in [1.82, 2.24) is 4.90 Å². The number of Topliss-reactive ketones (excluding diaryl/α,β-unsaturated/α-hetero) is 1. The largest absolute Gasteiger partial charge is 0.490 e. The molecule has 3 unspecified atom stereocenters. The zero-order valence-corrected chi connectivity index (χ0v) is 19.0. The van der Waals surface area contributed by atoms with E-state index < -0.39 is 6.04 Å². The number of carbonyl (C=O) groups is 2. The Morgan fingerprint density at radius 2 is 1.94 bits per heavy atom. The van der Waals surface area contributed by atoms with Crippen molar-refractivity contribution < 1.29 is 28.9 Å². The lowest BCUT2D eigenvalue weighted by molar-refractivity contribution is -0.135. The van der Waals surface area contributed by atoms with Crippen LogP contribution in [0.1, 0.15) is 64.0 Å². The van der Waals surface area contributed by atoms with Crippen molar-refractivity contribution in [2.45, 2.75) is 64.5 Å². The molecule has 32 heavy (non-hydrogen) atoms. The van der Waals surface area contributed by atoms with Gasteiger partial charge in [-0.2, -0.15) is 0 Å². The Morgan fingerprint density at radius 1 is 1.12 bits per heavy atom. The number of nitrogens with zero attached hydrogens (tertiary/aromatic N) is 1. The molecule has 0 radical (unpaired) electrons. The summed E-state index contributed by atoms with van der Waals surface area (Å²) in [6.07, 6.45) is 4.72. The summed E-state index contributed by atoms with van der Waals surface area (Å²) in [4.78, 5) is 28.6. The Bertz CT molecular complexity index is 894. The quantitative estimate of drug-likeness (QED) is 0.628. The molecule has 0 spiro atoms. The van der Waals surface area contributed by atoms with Crippen molar-refractivity contribution in [1.29, 1.82) is 0 Å². The van der Waals surface area contributed by atoms with Gasteiger partial charge in [0.15, 0.2) is 23.0 Å². The zero-order chi connectivity index (χ0) is 22.7. The van der Waals surface area contributed by atoms with Crippen molar-refractivity contribution in [3.05, 3.63) is 35.1 Å². The maximum Gasteiger partial charge on any atom is 0.290 e. The lowest BCUT2D eigenvalue weighted by Crippen LogP contribution is -2.39. The smallest absolute Gasteiger partial charge is 0.290 e. The molecule has 0 saturated heterocycles. The summed E-state index contributed by atoms with van der Waals surface area (Å²) in [7, 11) is 0. The fraction of sp³-hybridized carbons (Fsp3) is 0.600. The molecule has 1 aromatic carbocycles. The average Bonchev–Trinajstić information content (AvgIpc) is 3.09. The summed E-state index contributed by atoms with van der Waals surface area (Å²) >= 11 is 0. The number of rotatable bonds is 9. The van der Waals surface area contributed by atoms with Crippen LogP contribution in [0, 0.1) is 5.92 Å². The van der Waals surface area contributed by atoms with Gasteiger partial charge in [0, 0.05) is 13.2 Å². The van der Waals surface area contributed by atoms with Crippen LogP contribution in [0.2, 0.25) is 0 Å². The number of carbonyl (C=O) groups excluding carboxylic acids is 2. The van der Waals surface area contributed by atoms with Crippen molar-refractivity contribution in [3.63, 3.8) is 0 Å². The molecule has 174 valence electrons. The predicted molar refractivity (Wildman–Crippen MR) is 118 cm³/mol. The first-order valence-electron chi connectivity index (χ1n) is 11.9. The lowest BCUT2D eigenvalue weighted by atomic mass is 9.77. The van der Waals surface area contributed by atoms with Gasteiger partial charge in [-0.15, -0.1) is 0 Å². The first-order chi connectivity index (χ1) is 15.6. The molecule has 3 aliphatic rings. The Balaban J connectivity index is 1.75. The highest BCUT2D eigenvalue weighted by Gasteiger charge is 2.51. The Labute approximate surface area is 189 Å². The van der Waals surface area contributed by atoms with E-state index in [0.717, 1.165) is 37.7 Å². The highest BCUT2D eigenvalue weighted by atomic mass is 16.5. The number of fused-ring (bicyclic) bond motifs is 1. The van der Waals surface area contributed by atoms with Crippen molar-refractivity contribution in [2.75, 3.05) is 26.4 Å². The zero-order valence-electron chi connectivity index (χ0n) is 19.0. The molecule has 3 atom stereocenters. The fourth-order valence-corrected chi connectivity index (χ4v) is 5.00. The molecule has 1 amide bonds. The number of aliphatic hydroxyl groups excluding tert-OH is 1. The molecule has 2 heterocycles. The number of aliphatic hydroxyl groups is 1. The summed E-state index contributed by atoms with van der Waals surface area (Å²) in [5.41, 5.74) is 1.25. The summed E-state index contributed by atoms with van der Waals surface area (Å²) in [6.45, 7) is 5.31. The Morgan fingerprint density at radius 3 is 2.69 bits per heavy atom. The summed E-state index contributed by atoms with van der Waals surface area (Å²) in [6, 6.07) is 5.07. The highest BCUT2D eigenvalue weighted by Crippen LogP contribution is 2.47. The molecule has 1 aliphatic carbocycles. The number of amides is 1. The predicted octanol–water partition coefficient (Wildman–Crippen LogP) is 3.55. The highest BCUT2D eigenvalue weighted by molar-refractivity contribution is 6.11. The molecule has 1 N–H and O–H groups in total. The van der Waals surface area contributed by atoms with Crippen molar-refractivity contribution in [2.24, 2.45) is 5.92 Å². The van der Waals surface area contributed by atoms with Crippen molar-refractivity contribution >= 4 is 11.7 Å². The van der Waals surface area contributed by atoms with Gasteiger partial charge in [-0.05, 0) is 56.7 Å². The van der Waals surface area contributed by atoms with Gasteiger partial charge in [0.2, 0.25) is 0 Å². The lowest BCUT2D eigenvalue weighted by Gasteiger charge is -2.35. The van der Waals surface area contributed by atoms with E-state index in [1.54, 1.807) is 4.90 Å². The third-order valence-electron chi connectivity index (χ3n) is 6.46. The molecule has 0 bridgehead atoms. The summed E-state index contributed by atoms with van der Waals surface area (Å²) in [5, 5.41) is 9.40. The number of ketones is 1. The standard InChI is InChI=1S/C25H33NO6/c1-3-14-31-19-11-10-16(15-20(19)30-4-2)22-21-23(28)17-8-5-6-9-18(17)32-24(21)25(29)26(22)12-7-13-27/h10-11,15,17-18,22,27H,3-9,12-14H2,1-2H3. The van der Waals surface area contributed by atoms with Crippen molar-refractivity contribution in [3.8, 4) is 11.5 Å². The molecule has 1 aromatic rings. The second-order valence-electron chi connectivity index (χ2n) is 8.62. The van der Waals surface area contributed by atoms with E-state index >= 15 is 0 Å². The third-order valence-corrected chi connectivity index (χ3v) is 6.46. The van der Waals surface area contributed by atoms with Gasteiger partial charge < -0.3 is 24.2 Å². The normalized spacial score (nSPS) is 24.8. The molecule has 4 rings (SSSR count). The van der Waals surface area contributed by atoms with E-state index in [4.69, 9.17) is 14.2 Å². The van der Waals surface area contributed by atoms with Crippen LogP contribution in [0.25, 0.3) is 0 Å². The van der Waals surface area contributed by atoms with Gasteiger partial charge in [-0.1, -0.05) is 19.4 Å². The van der Waals surface area contributed by atoms with E-state index in [-0.39, 0.29) is 36.1 Å². The average molecular weight is 444 g/mol. The maximum atomic E-state index is 13.6. The minimum Gasteiger partial charge on any atom is -0.490 e. The molecule has 1 fully saturated rings. The minimum absolute atomic E-state index is 0.0325. The first-order valence-corrected chi connectivity index (χ1v) is 11.9. The first kappa shape index (κ1) is 22.6. The SMILES string of the molecule is CCCOc1ccc(C2C3=C(OC4CCCCC4C3=O)C(=O)N2CCCO)cc1OCC. The van der Waals surface area contributed by atoms with Crippen LogP contribution in [-0.4, -0.2) is 54.2 Å². The van der Waals surface area contributed by atoms with Crippen LogP contribution in [0.5, 0.6) is 11.5 Å². The van der Waals surface area contributed by atoms with E-state index in [0.29, 0.717) is 43.3 Å². The number of hydrogen-bond acceptors (Lipinski definition) is 6. The Kier molecular flexibility index (Phi) is 7.04. The van der Waals surface area contributed by atoms with Gasteiger partial charge in [0.1, 0.15) is 6.10 Å². The van der Waals surface area contributed by atoms with Gasteiger partial charge >= 0.3 is 0 Å². The number of benzene rings is 1. The molecule has 2 aliphatic heterocycles. The fourth-order valence-electron chi connectivity index (χ4n) is 5.00. The third kappa shape index (κ3) is 4.10.